The number of carbonyl (C=O) groups is 2. The van der Waals surface area contributed by atoms with Crippen molar-refractivity contribution in [1.82, 2.24) is 4.90 Å². The summed E-state index contributed by atoms with van der Waals surface area (Å²) in [6, 6.07) is 4.12. The fourth-order valence-corrected chi connectivity index (χ4v) is 1.36. The number of aromatic hydroxyl groups is 1. The highest BCUT2D eigenvalue weighted by molar-refractivity contribution is 6.30. The van der Waals surface area contributed by atoms with Crippen LogP contribution in [0.1, 0.15) is 10.4 Å². The number of nitrogens with zero attached hydrogens (tertiary/aromatic N) is 1. The second-order valence-electron chi connectivity index (χ2n) is 3.29. The molecule has 2 amide bonds. The van der Waals surface area contributed by atoms with Gasteiger partial charge in [0.15, 0.2) is 0 Å². The van der Waals surface area contributed by atoms with Crippen molar-refractivity contribution in [3.8, 4) is 5.75 Å². The van der Waals surface area contributed by atoms with E-state index in [9.17, 15) is 14.7 Å². The molecule has 16 heavy (non-hydrogen) atoms. The summed E-state index contributed by atoms with van der Waals surface area (Å²) in [4.78, 5) is 23.5. The van der Waals surface area contributed by atoms with Gasteiger partial charge in [0.1, 0.15) is 5.75 Å². The molecular formula is C10H11ClN2O3. The van der Waals surface area contributed by atoms with Crippen LogP contribution in [-0.2, 0) is 4.79 Å². The SMILES string of the molecule is CN(CC(N)=O)C(=O)c1ccc(Cl)cc1O. The first-order valence-electron chi connectivity index (χ1n) is 4.44. The molecule has 0 spiro atoms. The van der Waals surface area contributed by atoms with E-state index in [1.165, 1.54) is 25.2 Å². The largest absolute Gasteiger partial charge is 0.507 e. The number of phenolic OH excluding ortho intramolecular Hbond substituents is 1. The lowest BCUT2D eigenvalue weighted by Gasteiger charge is -2.15. The molecule has 3 N–H and O–H groups in total. The van der Waals surface area contributed by atoms with Crippen LogP contribution in [-0.4, -0.2) is 35.4 Å². The van der Waals surface area contributed by atoms with Crippen LogP contribution < -0.4 is 5.73 Å². The zero-order valence-electron chi connectivity index (χ0n) is 8.61. The predicted octanol–water partition coefficient (Wildman–Crippen LogP) is 0.603. The van der Waals surface area contributed by atoms with Crippen LogP contribution in [0.2, 0.25) is 5.02 Å². The van der Waals surface area contributed by atoms with Crippen molar-refractivity contribution in [3.05, 3.63) is 28.8 Å². The van der Waals surface area contributed by atoms with Crippen molar-refractivity contribution < 1.29 is 14.7 Å². The van der Waals surface area contributed by atoms with Crippen molar-refractivity contribution >= 4 is 23.4 Å². The fourth-order valence-electron chi connectivity index (χ4n) is 1.20. The molecule has 0 aliphatic carbocycles. The third-order valence-corrected chi connectivity index (χ3v) is 2.16. The van der Waals surface area contributed by atoms with Gasteiger partial charge in [0, 0.05) is 12.1 Å². The van der Waals surface area contributed by atoms with Gasteiger partial charge >= 0.3 is 0 Å². The van der Waals surface area contributed by atoms with E-state index in [4.69, 9.17) is 17.3 Å². The van der Waals surface area contributed by atoms with E-state index >= 15 is 0 Å². The summed E-state index contributed by atoms with van der Waals surface area (Å²) < 4.78 is 0. The third-order valence-electron chi connectivity index (χ3n) is 1.93. The number of hydrogen-bond donors (Lipinski definition) is 2. The van der Waals surface area contributed by atoms with Crippen molar-refractivity contribution in [1.29, 1.82) is 0 Å². The molecule has 1 aromatic carbocycles. The van der Waals surface area contributed by atoms with E-state index in [1.54, 1.807) is 0 Å². The molecule has 0 atom stereocenters. The minimum Gasteiger partial charge on any atom is -0.507 e. The molecule has 6 heteroatoms. The Kier molecular flexibility index (Phi) is 3.73. The van der Waals surface area contributed by atoms with E-state index in [1.807, 2.05) is 0 Å². The molecule has 86 valence electrons. The number of amides is 2. The summed E-state index contributed by atoms with van der Waals surface area (Å²) in [5.41, 5.74) is 5.03. The molecular weight excluding hydrogens is 232 g/mol. The summed E-state index contributed by atoms with van der Waals surface area (Å²) >= 11 is 5.63. The molecule has 0 saturated carbocycles. The van der Waals surface area contributed by atoms with Crippen molar-refractivity contribution in [3.63, 3.8) is 0 Å². The monoisotopic (exact) mass is 242 g/mol. The first-order valence-corrected chi connectivity index (χ1v) is 4.82. The molecule has 0 saturated heterocycles. The second-order valence-corrected chi connectivity index (χ2v) is 3.73. The second kappa shape index (κ2) is 4.85. The van der Waals surface area contributed by atoms with Gasteiger partial charge < -0.3 is 15.7 Å². The Hall–Kier alpha value is -1.75. The minimum atomic E-state index is -0.621. The summed E-state index contributed by atoms with van der Waals surface area (Å²) in [6.07, 6.45) is 0. The summed E-state index contributed by atoms with van der Waals surface area (Å²) in [5, 5.41) is 9.82. The van der Waals surface area contributed by atoms with E-state index < -0.39 is 11.8 Å². The van der Waals surface area contributed by atoms with Crippen molar-refractivity contribution in [2.75, 3.05) is 13.6 Å². The van der Waals surface area contributed by atoms with Crippen LogP contribution in [0.25, 0.3) is 0 Å². The van der Waals surface area contributed by atoms with Gasteiger partial charge in [0.2, 0.25) is 5.91 Å². The highest BCUT2D eigenvalue weighted by atomic mass is 35.5. The molecule has 0 aromatic heterocycles. The van der Waals surface area contributed by atoms with Crippen LogP contribution in [0, 0.1) is 0 Å². The van der Waals surface area contributed by atoms with Gasteiger partial charge in [-0.2, -0.15) is 0 Å². The summed E-state index contributed by atoms with van der Waals surface area (Å²) in [7, 11) is 1.42. The smallest absolute Gasteiger partial charge is 0.257 e. The molecule has 0 heterocycles. The third kappa shape index (κ3) is 2.87. The van der Waals surface area contributed by atoms with Crippen molar-refractivity contribution in [2.24, 2.45) is 5.73 Å². The maximum atomic E-state index is 11.7. The number of primary amides is 1. The van der Waals surface area contributed by atoms with Crippen LogP contribution in [0.4, 0.5) is 0 Å². The Morgan fingerprint density at radius 3 is 2.62 bits per heavy atom. The predicted molar refractivity (Wildman–Crippen MR) is 59.3 cm³/mol. The highest BCUT2D eigenvalue weighted by Gasteiger charge is 2.16. The molecule has 0 unspecified atom stereocenters. The Morgan fingerprint density at radius 1 is 1.50 bits per heavy atom. The molecule has 1 rings (SSSR count). The maximum absolute atomic E-state index is 11.7. The van der Waals surface area contributed by atoms with E-state index in [2.05, 4.69) is 0 Å². The lowest BCUT2D eigenvalue weighted by molar-refractivity contribution is -0.118. The van der Waals surface area contributed by atoms with Gasteiger partial charge in [0.25, 0.3) is 5.91 Å². The molecule has 0 fully saturated rings. The lowest BCUT2D eigenvalue weighted by Crippen LogP contribution is -2.35. The average Bonchev–Trinajstić information content (AvgIpc) is 2.15. The quantitative estimate of drug-likeness (QED) is 0.814. The molecule has 0 aliphatic rings. The zero-order chi connectivity index (χ0) is 12.3. The first-order chi connectivity index (χ1) is 7.41. The average molecular weight is 243 g/mol. The molecule has 1 aromatic rings. The van der Waals surface area contributed by atoms with Gasteiger partial charge in [-0.3, -0.25) is 9.59 Å². The Bertz CT molecular complexity index is 434. The number of benzene rings is 1. The van der Waals surface area contributed by atoms with Crippen LogP contribution in [0.15, 0.2) is 18.2 Å². The number of nitrogens with two attached hydrogens (primary N) is 1. The Labute approximate surface area is 97.4 Å². The highest BCUT2D eigenvalue weighted by Crippen LogP contribution is 2.22. The lowest BCUT2D eigenvalue weighted by atomic mass is 10.2. The standard InChI is InChI=1S/C10H11ClN2O3/c1-13(5-9(12)15)10(16)7-3-2-6(11)4-8(7)14/h2-4,14H,5H2,1H3,(H2,12,15). The maximum Gasteiger partial charge on any atom is 0.257 e. The van der Waals surface area contributed by atoms with Gasteiger partial charge in [-0.15, -0.1) is 0 Å². The summed E-state index contributed by atoms with van der Waals surface area (Å²) in [6.45, 7) is -0.207. The van der Waals surface area contributed by atoms with Crippen LogP contribution in [0.3, 0.4) is 0 Å². The summed E-state index contributed by atoms with van der Waals surface area (Å²) in [5.74, 6) is -1.34. The van der Waals surface area contributed by atoms with Crippen LogP contribution >= 0.6 is 11.6 Å². The Balaban J connectivity index is 2.92. The van der Waals surface area contributed by atoms with Gasteiger partial charge in [-0.05, 0) is 18.2 Å². The fraction of sp³-hybridized carbons (Fsp3) is 0.200. The minimum absolute atomic E-state index is 0.0770. The molecule has 0 aliphatic heterocycles. The Morgan fingerprint density at radius 2 is 2.12 bits per heavy atom. The van der Waals surface area contributed by atoms with Gasteiger partial charge in [0.05, 0.1) is 12.1 Å². The van der Waals surface area contributed by atoms with Crippen molar-refractivity contribution in [2.45, 2.75) is 0 Å². The number of halogens is 1. The normalized spacial score (nSPS) is 9.88. The van der Waals surface area contributed by atoms with E-state index in [-0.39, 0.29) is 17.9 Å². The van der Waals surface area contributed by atoms with Crippen LogP contribution in [0.5, 0.6) is 5.75 Å². The van der Waals surface area contributed by atoms with Gasteiger partial charge in [-0.25, -0.2) is 0 Å². The first kappa shape index (κ1) is 12.3. The zero-order valence-corrected chi connectivity index (χ0v) is 9.36. The van der Waals surface area contributed by atoms with E-state index in [0.29, 0.717) is 5.02 Å². The number of phenols is 1. The number of hydrogen-bond acceptors (Lipinski definition) is 3. The van der Waals surface area contributed by atoms with E-state index in [0.717, 1.165) is 4.90 Å². The molecule has 0 radical (unpaired) electrons. The topological polar surface area (TPSA) is 83.6 Å². The molecule has 5 nitrogen and oxygen atoms in total. The van der Waals surface area contributed by atoms with Gasteiger partial charge in [-0.1, -0.05) is 11.6 Å². The number of likely N-dealkylation sites (N-methyl/N-ethyl adjacent to an activating group) is 1. The molecule has 0 bridgehead atoms. The number of rotatable bonds is 3. The number of carbonyl (C=O) groups excluding carboxylic acids is 2.